The number of halogens is 1. The zero-order valence-corrected chi connectivity index (χ0v) is 14.3. The third-order valence-electron chi connectivity index (χ3n) is 3.89. The van der Waals surface area contributed by atoms with Gasteiger partial charge in [-0.2, -0.15) is 9.57 Å². The van der Waals surface area contributed by atoms with Crippen LogP contribution in [0.2, 0.25) is 5.02 Å². The summed E-state index contributed by atoms with van der Waals surface area (Å²) in [4.78, 5) is 6.38. The summed E-state index contributed by atoms with van der Waals surface area (Å²) in [6.07, 6.45) is 1.52. The number of anilines is 1. The highest BCUT2D eigenvalue weighted by atomic mass is 35.5. The van der Waals surface area contributed by atoms with Gasteiger partial charge in [0.05, 0.1) is 10.6 Å². The van der Waals surface area contributed by atoms with Crippen LogP contribution in [-0.4, -0.2) is 43.9 Å². The summed E-state index contributed by atoms with van der Waals surface area (Å²) in [5, 5.41) is 9.04. The first-order valence-corrected chi connectivity index (χ1v) is 9.20. The molecule has 24 heavy (non-hydrogen) atoms. The third kappa shape index (κ3) is 3.22. The molecule has 0 aliphatic carbocycles. The van der Waals surface area contributed by atoms with Crippen LogP contribution in [0.5, 0.6) is 0 Å². The van der Waals surface area contributed by atoms with Crippen molar-refractivity contribution in [1.29, 1.82) is 5.26 Å². The van der Waals surface area contributed by atoms with E-state index in [2.05, 4.69) is 4.98 Å². The van der Waals surface area contributed by atoms with Gasteiger partial charge in [-0.3, -0.25) is 0 Å². The molecular weight excluding hydrogens is 348 g/mol. The number of hydrogen-bond donors (Lipinski definition) is 0. The molecule has 124 valence electrons. The summed E-state index contributed by atoms with van der Waals surface area (Å²) in [5.41, 5.74) is 0.499. The molecule has 1 aromatic heterocycles. The molecule has 0 N–H and O–H groups in total. The number of hydrogen-bond acceptors (Lipinski definition) is 5. The van der Waals surface area contributed by atoms with Gasteiger partial charge in [-0.15, -0.1) is 0 Å². The van der Waals surface area contributed by atoms with E-state index in [-0.39, 0.29) is 9.92 Å². The molecule has 2 aromatic rings. The molecule has 0 unspecified atom stereocenters. The van der Waals surface area contributed by atoms with E-state index in [0.29, 0.717) is 31.7 Å². The van der Waals surface area contributed by atoms with Gasteiger partial charge < -0.3 is 4.90 Å². The van der Waals surface area contributed by atoms with E-state index in [1.807, 2.05) is 11.0 Å². The van der Waals surface area contributed by atoms with Crippen molar-refractivity contribution in [2.45, 2.75) is 4.90 Å². The van der Waals surface area contributed by atoms with Gasteiger partial charge in [-0.05, 0) is 24.3 Å². The minimum Gasteiger partial charge on any atom is -0.354 e. The Labute approximate surface area is 146 Å². The molecule has 1 aromatic carbocycles. The first-order chi connectivity index (χ1) is 11.5. The molecule has 6 nitrogen and oxygen atoms in total. The predicted octanol–water partition coefficient (Wildman–Crippen LogP) is 2.12. The first-order valence-electron chi connectivity index (χ1n) is 7.38. The lowest BCUT2D eigenvalue weighted by Gasteiger charge is -2.34. The fourth-order valence-corrected chi connectivity index (χ4v) is 4.51. The Bertz CT molecular complexity index is 870. The largest absolute Gasteiger partial charge is 0.354 e. The Morgan fingerprint density at radius 1 is 1.08 bits per heavy atom. The van der Waals surface area contributed by atoms with Crippen molar-refractivity contribution in [3.05, 3.63) is 53.2 Å². The predicted molar refractivity (Wildman–Crippen MR) is 91.4 cm³/mol. The SMILES string of the molecule is N#Cc1ccc(N2CCN(S(=O)(=O)c3ccccc3Cl)CC2)nc1. The van der Waals surface area contributed by atoms with Crippen LogP contribution in [0.25, 0.3) is 0 Å². The van der Waals surface area contributed by atoms with Crippen molar-refractivity contribution >= 4 is 27.4 Å². The van der Waals surface area contributed by atoms with Crippen molar-refractivity contribution in [2.75, 3.05) is 31.1 Å². The molecule has 1 saturated heterocycles. The Morgan fingerprint density at radius 2 is 1.79 bits per heavy atom. The van der Waals surface area contributed by atoms with Crippen LogP contribution >= 0.6 is 11.6 Å². The maximum Gasteiger partial charge on any atom is 0.244 e. The van der Waals surface area contributed by atoms with Gasteiger partial charge in [0.1, 0.15) is 16.8 Å². The second-order valence-electron chi connectivity index (χ2n) is 5.34. The summed E-state index contributed by atoms with van der Waals surface area (Å²) in [5.74, 6) is 0.740. The van der Waals surface area contributed by atoms with E-state index in [0.717, 1.165) is 5.82 Å². The minimum absolute atomic E-state index is 0.136. The van der Waals surface area contributed by atoms with Gasteiger partial charge in [0.2, 0.25) is 10.0 Å². The summed E-state index contributed by atoms with van der Waals surface area (Å²) in [6, 6.07) is 12.0. The average molecular weight is 363 g/mol. The van der Waals surface area contributed by atoms with Gasteiger partial charge in [0, 0.05) is 32.4 Å². The molecule has 0 saturated carbocycles. The van der Waals surface area contributed by atoms with E-state index in [4.69, 9.17) is 16.9 Å². The van der Waals surface area contributed by atoms with Crippen molar-refractivity contribution < 1.29 is 8.42 Å². The van der Waals surface area contributed by atoms with E-state index in [9.17, 15) is 8.42 Å². The van der Waals surface area contributed by atoms with Crippen LogP contribution in [0.4, 0.5) is 5.82 Å². The van der Waals surface area contributed by atoms with Crippen molar-refractivity contribution in [2.24, 2.45) is 0 Å². The smallest absolute Gasteiger partial charge is 0.244 e. The van der Waals surface area contributed by atoms with Crippen LogP contribution < -0.4 is 4.90 Å². The average Bonchev–Trinajstić information content (AvgIpc) is 2.62. The molecule has 1 fully saturated rings. The van der Waals surface area contributed by atoms with Crippen LogP contribution in [0.15, 0.2) is 47.5 Å². The summed E-state index contributed by atoms with van der Waals surface area (Å²) >= 11 is 6.03. The maximum atomic E-state index is 12.7. The van der Waals surface area contributed by atoms with Crippen molar-refractivity contribution in [3.8, 4) is 6.07 Å². The fraction of sp³-hybridized carbons (Fsp3) is 0.250. The van der Waals surface area contributed by atoms with Crippen LogP contribution in [0, 0.1) is 11.3 Å². The lowest BCUT2D eigenvalue weighted by molar-refractivity contribution is 0.384. The number of piperazine rings is 1. The molecule has 0 spiro atoms. The molecule has 8 heteroatoms. The minimum atomic E-state index is -3.60. The van der Waals surface area contributed by atoms with Gasteiger partial charge in [-0.25, -0.2) is 13.4 Å². The molecule has 0 amide bonds. The van der Waals surface area contributed by atoms with Crippen LogP contribution in [0.3, 0.4) is 0 Å². The zero-order chi connectivity index (χ0) is 17.2. The normalized spacial score (nSPS) is 15.9. The van der Waals surface area contributed by atoms with Gasteiger partial charge in [0.15, 0.2) is 0 Å². The third-order valence-corrected chi connectivity index (χ3v) is 6.29. The second-order valence-corrected chi connectivity index (χ2v) is 7.65. The van der Waals surface area contributed by atoms with Gasteiger partial charge in [0.25, 0.3) is 0 Å². The fourth-order valence-electron chi connectivity index (χ4n) is 2.59. The first kappa shape index (κ1) is 16.7. The van der Waals surface area contributed by atoms with E-state index >= 15 is 0 Å². The van der Waals surface area contributed by atoms with Gasteiger partial charge >= 0.3 is 0 Å². The highest BCUT2D eigenvalue weighted by Crippen LogP contribution is 2.25. The standard InChI is InChI=1S/C16H15ClN4O2S/c17-14-3-1-2-4-15(14)24(22,23)21-9-7-20(8-10-21)16-6-5-13(11-18)12-19-16/h1-6,12H,7-10H2. The molecule has 3 rings (SSSR count). The van der Waals surface area contributed by atoms with Crippen LogP contribution in [-0.2, 0) is 10.0 Å². The summed E-state index contributed by atoms with van der Waals surface area (Å²) < 4.78 is 26.9. The zero-order valence-electron chi connectivity index (χ0n) is 12.8. The Balaban J connectivity index is 1.73. The van der Waals surface area contributed by atoms with Gasteiger partial charge in [-0.1, -0.05) is 23.7 Å². The topological polar surface area (TPSA) is 77.3 Å². The number of benzene rings is 1. The van der Waals surface area contributed by atoms with E-state index < -0.39 is 10.0 Å². The monoisotopic (exact) mass is 362 g/mol. The molecule has 1 aliphatic heterocycles. The second kappa shape index (κ2) is 6.77. The molecular formula is C16H15ClN4O2S. The molecule has 0 atom stereocenters. The number of pyridine rings is 1. The Kier molecular flexibility index (Phi) is 4.71. The molecule has 1 aliphatic rings. The molecule has 0 radical (unpaired) electrons. The summed E-state index contributed by atoms with van der Waals surface area (Å²) in [7, 11) is -3.60. The Morgan fingerprint density at radius 3 is 2.38 bits per heavy atom. The quantitative estimate of drug-likeness (QED) is 0.835. The number of sulfonamides is 1. The highest BCUT2D eigenvalue weighted by molar-refractivity contribution is 7.89. The lowest BCUT2D eigenvalue weighted by Crippen LogP contribution is -2.48. The highest BCUT2D eigenvalue weighted by Gasteiger charge is 2.30. The van der Waals surface area contributed by atoms with Crippen molar-refractivity contribution in [1.82, 2.24) is 9.29 Å². The van der Waals surface area contributed by atoms with E-state index in [1.165, 1.54) is 16.6 Å². The lowest BCUT2D eigenvalue weighted by atomic mass is 10.3. The Hall–Kier alpha value is -2.14. The molecule has 0 bridgehead atoms. The molecule has 2 heterocycles. The summed E-state index contributed by atoms with van der Waals surface area (Å²) in [6.45, 7) is 1.77. The number of rotatable bonds is 3. The number of nitriles is 1. The maximum absolute atomic E-state index is 12.7. The number of aromatic nitrogens is 1. The van der Waals surface area contributed by atoms with E-state index in [1.54, 1.807) is 30.3 Å². The number of nitrogens with zero attached hydrogens (tertiary/aromatic N) is 4. The van der Waals surface area contributed by atoms with Crippen LogP contribution in [0.1, 0.15) is 5.56 Å². The van der Waals surface area contributed by atoms with Crippen molar-refractivity contribution in [3.63, 3.8) is 0 Å².